The number of nitrogens with two attached hydrogens (primary N) is 1. The summed E-state index contributed by atoms with van der Waals surface area (Å²) in [7, 11) is 4.30. The average molecular weight is 593 g/mol. The Labute approximate surface area is 251 Å². The SMILES string of the molecule is COC(=O)c1ccc2c(CN(C(=O)C(C)NC(=O)[C@H](C)N(C)C(=O)OC(C)(C)C)c3ccccc3N)c(OC)ccc2c1. The van der Waals surface area contributed by atoms with Crippen molar-refractivity contribution in [1.29, 1.82) is 0 Å². The number of anilines is 2. The summed E-state index contributed by atoms with van der Waals surface area (Å²) in [6.45, 7) is 8.35. The topological polar surface area (TPSA) is 140 Å². The molecule has 230 valence electrons. The van der Waals surface area contributed by atoms with Crippen molar-refractivity contribution in [3.8, 4) is 5.75 Å². The minimum absolute atomic E-state index is 0.0404. The number of amides is 3. The first-order chi connectivity index (χ1) is 20.2. The van der Waals surface area contributed by atoms with Crippen molar-refractivity contribution in [2.24, 2.45) is 0 Å². The van der Waals surface area contributed by atoms with Crippen molar-refractivity contribution in [2.45, 2.75) is 58.8 Å². The summed E-state index contributed by atoms with van der Waals surface area (Å²) >= 11 is 0. The standard InChI is InChI=1S/C32H40N4O7/c1-19(34-28(37)20(2)35(6)31(40)43-32(3,4)5)29(38)36(26-12-10-9-11-25(26)33)18-24-23-15-13-22(30(39)42-8)17-21(23)14-16-27(24)41-7/h9-17,19-20H,18,33H2,1-8H3,(H,34,37)/t19?,20-/m0/s1. The van der Waals surface area contributed by atoms with Crippen LogP contribution in [0.15, 0.2) is 54.6 Å². The van der Waals surface area contributed by atoms with E-state index in [1.807, 2.05) is 6.07 Å². The first-order valence-corrected chi connectivity index (χ1v) is 13.8. The maximum absolute atomic E-state index is 14.0. The van der Waals surface area contributed by atoms with Crippen molar-refractivity contribution in [2.75, 3.05) is 31.9 Å². The van der Waals surface area contributed by atoms with Crippen molar-refractivity contribution in [3.05, 3.63) is 65.7 Å². The van der Waals surface area contributed by atoms with E-state index in [0.29, 0.717) is 28.3 Å². The van der Waals surface area contributed by atoms with Gasteiger partial charge in [-0.2, -0.15) is 0 Å². The van der Waals surface area contributed by atoms with Crippen LogP contribution in [0.4, 0.5) is 16.2 Å². The van der Waals surface area contributed by atoms with Crippen LogP contribution in [0.2, 0.25) is 0 Å². The van der Waals surface area contributed by atoms with Crippen LogP contribution in [0.1, 0.15) is 50.5 Å². The first-order valence-electron chi connectivity index (χ1n) is 13.8. The molecule has 0 aliphatic heterocycles. The number of nitrogen functional groups attached to an aromatic ring is 1. The van der Waals surface area contributed by atoms with Crippen molar-refractivity contribution in [1.82, 2.24) is 10.2 Å². The van der Waals surface area contributed by atoms with E-state index >= 15 is 0 Å². The highest BCUT2D eigenvalue weighted by molar-refractivity contribution is 6.03. The summed E-state index contributed by atoms with van der Waals surface area (Å²) in [5.41, 5.74) is 7.44. The Kier molecular flexibility index (Phi) is 10.2. The van der Waals surface area contributed by atoms with Crippen LogP contribution in [0.25, 0.3) is 10.8 Å². The molecule has 43 heavy (non-hydrogen) atoms. The van der Waals surface area contributed by atoms with Gasteiger partial charge in [0.25, 0.3) is 0 Å². The Morgan fingerprint density at radius 3 is 2.26 bits per heavy atom. The predicted molar refractivity (Wildman–Crippen MR) is 165 cm³/mol. The number of likely N-dealkylation sites (N-methyl/N-ethyl adjacent to an activating group) is 1. The molecular weight excluding hydrogens is 552 g/mol. The third kappa shape index (κ3) is 7.73. The van der Waals surface area contributed by atoms with Crippen LogP contribution in [0.5, 0.6) is 5.75 Å². The maximum atomic E-state index is 14.0. The lowest BCUT2D eigenvalue weighted by Gasteiger charge is -2.31. The summed E-state index contributed by atoms with van der Waals surface area (Å²) in [5, 5.41) is 4.22. The van der Waals surface area contributed by atoms with Gasteiger partial charge in [-0.05, 0) is 75.7 Å². The van der Waals surface area contributed by atoms with Gasteiger partial charge in [-0.25, -0.2) is 9.59 Å². The molecule has 0 aliphatic rings. The maximum Gasteiger partial charge on any atom is 0.410 e. The number of carbonyl (C=O) groups excluding carboxylic acids is 4. The fourth-order valence-electron chi connectivity index (χ4n) is 4.44. The number of para-hydroxylation sites is 2. The second-order valence-electron chi connectivity index (χ2n) is 11.2. The highest BCUT2D eigenvalue weighted by atomic mass is 16.6. The number of benzene rings is 3. The molecule has 3 rings (SSSR count). The lowest BCUT2D eigenvalue weighted by atomic mass is 10.00. The summed E-state index contributed by atoms with van der Waals surface area (Å²) in [6, 6.07) is 13.7. The number of hydrogen-bond acceptors (Lipinski definition) is 8. The molecule has 0 fully saturated rings. The number of fused-ring (bicyclic) bond motifs is 1. The van der Waals surface area contributed by atoms with E-state index in [-0.39, 0.29) is 6.54 Å². The van der Waals surface area contributed by atoms with E-state index in [1.54, 1.807) is 83.1 Å². The van der Waals surface area contributed by atoms with Crippen LogP contribution in [-0.4, -0.2) is 67.7 Å². The molecule has 3 aromatic carbocycles. The summed E-state index contributed by atoms with van der Waals surface area (Å²) < 4.78 is 15.9. The van der Waals surface area contributed by atoms with Crippen molar-refractivity contribution < 1.29 is 33.4 Å². The lowest BCUT2D eigenvalue weighted by molar-refractivity contribution is -0.130. The van der Waals surface area contributed by atoms with E-state index in [1.165, 1.54) is 31.1 Å². The monoisotopic (exact) mass is 592 g/mol. The Bertz CT molecular complexity index is 1520. The fraction of sp³-hybridized carbons (Fsp3) is 0.375. The van der Waals surface area contributed by atoms with Gasteiger partial charge in [-0.3, -0.25) is 14.5 Å². The fourth-order valence-corrected chi connectivity index (χ4v) is 4.44. The molecule has 3 aromatic rings. The molecule has 0 aromatic heterocycles. The Morgan fingerprint density at radius 2 is 1.65 bits per heavy atom. The highest BCUT2D eigenvalue weighted by Gasteiger charge is 2.31. The predicted octanol–water partition coefficient (Wildman–Crippen LogP) is 4.51. The molecule has 11 nitrogen and oxygen atoms in total. The van der Waals surface area contributed by atoms with Crippen LogP contribution in [-0.2, 0) is 25.6 Å². The molecule has 0 heterocycles. The van der Waals surface area contributed by atoms with Crippen LogP contribution in [0, 0.1) is 0 Å². The van der Waals surface area contributed by atoms with E-state index in [9.17, 15) is 19.2 Å². The minimum atomic E-state index is -0.992. The van der Waals surface area contributed by atoms with Gasteiger partial charge in [-0.15, -0.1) is 0 Å². The molecular formula is C32H40N4O7. The second kappa shape index (κ2) is 13.5. The number of esters is 1. The zero-order valence-corrected chi connectivity index (χ0v) is 25.9. The number of carbonyl (C=O) groups is 4. The smallest absolute Gasteiger partial charge is 0.410 e. The summed E-state index contributed by atoms with van der Waals surface area (Å²) in [4.78, 5) is 54.4. The largest absolute Gasteiger partial charge is 0.496 e. The van der Waals surface area contributed by atoms with Gasteiger partial charge in [-0.1, -0.05) is 24.3 Å². The van der Waals surface area contributed by atoms with Gasteiger partial charge in [0.2, 0.25) is 11.8 Å². The molecule has 3 amide bonds. The van der Waals surface area contributed by atoms with Crippen LogP contribution < -0.4 is 20.7 Å². The molecule has 0 bridgehead atoms. The minimum Gasteiger partial charge on any atom is -0.496 e. The lowest BCUT2D eigenvalue weighted by Crippen LogP contribution is -2.53. The van der Waals surface area contributed by atoms with E-state index < -0.39 is 41.6 Å². The zero-order chi connectivity index (χ0) is 32.1. The normalized spacial score (nSPS) is 12.6. The average Bonchev–Trinajstić information content (AvgIpc) is 2.97. The first kappa shape index (κ1) is 32.7. The third-order valence-electron chi connectivity index (χ3n) is 6.91. The number of hydrogen-bond donors (Lipinski definition) is 2. The van der Waals surface area contributed by atoms with E-state index in [2.05, 4.69) is 5.32 Å². The molecule has 11 heteroatoms. The number of methoxy groups -OCH3 is 2. The van der Waals surface area contributed by atoms with Gasteiger partial charge in [0.15, 0.2) is 0 Å². The molecule has 0 spiro atoms. The van der Waals surface area contributed by atoms with Crippen LogP contribution in [0.3, 0.4) is 0 Å². The van der Waals surface area contributed by atoms with Gasteiger partial charge in [0.05, 0.1) is 37.7 Å². The number of nitrogens with zero attached hydrogens (tertiary/aromatic N) is 2. The Morgan fingerprint density at radius 1 is 0.977 bits per heavy atom. The summed E-state index contributed by atoms with van der Waals surface area (Å²) in [5.74, 6) is -0.920. The zero-order valence-electron chi connectivity index (χ0n) is 25.9. The Balaban J connectivity index is 1.96. The molecule has 2 atom stereocenters. The van der Waals surface area contributed by atoms with Crippen LogP contribution >= 0.6 is 0 Å². The molecule has 0 aliphatic carbocycles. The number of ether oxygens (including phenoxy) is 3. The number of nitrogens with one attached hydrogen (secondary N) is 1. The molecule has 0 radical (unpaired) electrons. The molecule has 0 saturated carbocycles. The second-order valence-corrected chi connectivity index (χ2v) is 11.2. The molecule has 1 unspecified atom stereocenters. The number of rotatable bonds is 9. The molecule has 3 N–H and O–H groups in total. The van der Waals surface area contributed by atoms with Gasteiger partial charge in [0, 0.05) is 12.6 Å². The van der Waals surface area contributed by atoms with Gasteiger partial charge in [0.1, 0.15) is 23.4 Å². The van der Waals surface area contributed by atoms with Gasteiger partial charge < -0.3 is 30.2 Å². The Hall–Kier alpha value is -4.80. The third-order valence-corrected chi connectivity index (χ3v) is 6.91. The van der Waals surface area contributed by atoms with Gasteiger partial charge >= 0.3 is 12.1 Å². The van der Waals surface area contributed by atoms with E-state index in [4.69, 9.17) is 19.9 Å². The highest BCUT2D eigenvalue weighted by Crippen LogP contribution is 2.33. The van der Waals surface area contributed by atoms with Crippen molar-refractivity contribution >= 4 is 46.0 Å². The summed E-state index contributed by atoms with van der Waals surface area (Å²) in [6.07, 6.45) is -0.661. The van der Waals surface area contributed by atoms with E-state index in [0.717, 1.165) is 10.8 Å². The van der Waals surface area contributed by atoms with Crippen molar-refractivity contribution in [3.63, 3.8) is 0 Å². The quantitative estimate of drug-likeness (QED) is 0.273. The molecule has 0 saturated heterocycles.